The average Bonchev–Trinajstić information content (AvgIpc) is 2.86. The molecule has 0 radical (unpaired) electrons. The van der Waals surface area contributed by atoms with E-state index in [4.69, 9.17) is 18.9 Å². The number of pyridine rings is 1. The van der Waals surface area contributed by atoms with Crippen molar-refractivity contribution < 1.29 is 24.1 Å². The number of aromatic nitrogens is 1. The lowest BCUT2D eigenvalue weighted by atomic mass is 9.94. The molecule has 0 bridgehead atoms. The fourth-order valence-corrected chi connectivity index (χ4v) is 4.62. The largest absolute Gasteiger partial charge is 0.394 e. The van der Waals surface area contributed by atoms with E-state index in [0.717, 1.165) is 21.2 Å². The van der Waals surface area contributed by atoms with Crippen molar-refractivity contribution in [1.82, 2.24) is 4.98 Å². The molecule has 6 nitrogen and oxygen atoms in total. The Balaban J connectivity index is 1.48. The highest BCUT2D eigenvalue weighted by molar-refractivity contribution is 9.10. The van der Waals surface area contributed by atoms with E-state index in [9.17, 15) is 5.11 Å². The highest BCUT2D eigenvalue weighted by Crippen LogP contribution is 2.41. The number of halogens is 1. The van der Waals surface area contributed by atoms with Crippen LogP contribution in [-0.2, 0) is 25.4 Å². The standard InChI is InChI=1S/C25H24BrNO5/c26-19-14-27-12-11-18(19)13-20-22-23(32-24(29-20)16-7-3-1-4-8-16)21(15-28)30-25(31-22)17-9-5-2-6-10-17/h1-12,14,20-25,28H,13,15H2. The number of ether oxygens (including phenoxy) is 4. The molecule has 2 aliphatic rings. The molecule has 6 atom stereocenters. The van der Waals surface area contributed by atoms with Gasteiger partial charge in [0.25, 0.3) is 0 Å². The zero-order chi connectivity index (χ0) is 21.9. The molecule has 2 fully saturated rings. The molecular weight excluding hydrogens is 474 g/mol. The Bertz CT molecular complexity index is 1020. The number of benzene rings is 2. The van der Waals surface area contributed by atoms with Gasteiger partial charge in [0, 0.05) is 34.4 Å². The molecule has 1 N–H and O–H groups in total. The third-order valence-corrected chi connectivity index (χ3v) is 6.53. The maximum atomic E-state index is 10.2. The van der Waals surface area contributed by atoms with E-state index in [1.165, 1.54) is 0 Å². The number of rotatable bonds is 5. The molecule has 0 saturated carbocycles. The van der Waals surface area contributed by atoms with Gasteiger partial charge in [0.15, 0.2) is 12.6 Å². The van der Waals surface area contributed by atoms with E-state index in [0.29, 0.717) is 6.42 Å². The van der Waals surface area contributed by atoms with Crippen LogP contribution in [0.3, 0.4) is 0 Å². The lowest BCUT2D eigenvalue weighted by Crippen LogP contribution is -2.59. The maximum absolute atomic E-state index is 10.2. The highest BCUT2D eigenvalue weighted by atomic mass is 79.9. The third-order valence-electron chi connectivity index (χ3n) is 5.82. The minimum Gasteiger partial charge on any atom is -0.394 e. The first-order valence-electron chi connectivity index (χ1n) is 10.6. The first-order chi connectivity index (χ1) is 15.7. The van der Waals surface area contributed by atoms with E-state index in [-0.39, 0.29) is 12.7 Å². The van der Waals surface area contributed by atoms with Gasteiger partial charge in [-0.25, -0.2) is 0 Å². The van der Waals surface area contributed by atoms with Gasteiger partial charge in [-0.1, -0.05) is 60.7 Å². The van der Waals surface area contributed by atoms with E-state index in [1.54, 1.807) is 12.4 Å². The smallest absolute Gasteiger partial charge is 0.184 e. The molecule has 2 aliphatic heterocycles. The van der Waals surface area contributed by atoms with Gasteiger partial charge in [0.1, 0.15) is 18.3 Å². The minimum atomic E-state index is -0.613. The first kappa shape index (κ1) is 21.7. The van der Waals surface area contributed by atoms with Crippen LogP contribution in [0.5, 0.6) is 0 Å². The second kappa shape index (κ2) is 9.79. The molecule has 3 heterocycles. The van der Waals surface area contributed by atoms with Crippen molar-refractivity contribution in [3.05, 3.63) is 100 Å². The fraction of sp³-hybridized carbons (Fsp3) is 0.320. The summed E-state index contributed by atoms with van der Waals surface area (Å²) in [5, 5.41) is 10.2. The summed E-state index contributed by atoms with van der Waals surface area (Å²) in [4.78, 5) is 4.16. The lowest BCUT2D eigenvalue weighted by molar-refractivity contribution is -0.384. The summed E-state index contributed by atoms with van der Waals surface area (Å²) in [5.74, 6) is 0. The Kier molecular flexibility index (Phi) is 6.64. The summed E-state index contributed by atoms with van der Waals surface area (Å²) in [7, 11) is 0. The first-order valence-corrected chi connectivity index (χ1v) is 11.4. The van der Waals surface area contributed by atoms with Crippen LogP contribution in [0.25, 0.3) is 0 Å². The van der Waals surface area contributed by atoms with Gasteiger partial charge in [-0.05, 0) is 27.6 Å². The van der Waals surface area contributed by atoms with Crippen molar-refractivity contribution in [3.8, 4) is 0 Å². The van der Waals surface area contributed by atoms with Crippen molar-refractivity contribution in [3.63, 3.8) is 0 Å². The summed E-state index contributed by atoms with van der Waals surface area (Å²) in [5.41, 5.74) is 2.86. The van der Waals surface area contributed by atoms with Crippen LogP contribution in [-0.4, -0.2) is 41.1 Å². The summed E-state index contributed by atoms with van der Waals surface area (Å²) in [6.07, 6.45) is 1.16. The Morgan fingerprint density at radius 2 is 1.31 bits per heavy atom. The van der Waals surface area contributed by atoms with Gasteiger partial charge in [-0.2, -0.15) is 0 Å². The Labute approximate surface area is 195 Å². The predicted octanol–water partition coefficient (Wildman–Crippen LogP) is 4.34. The summed E-state index contributed by atoms with van der Waals surface area (Å²) in [6.45, 7) is -0.180. The van der Waals surface area contributed by atoms with Crippen molar-refractivity contribution >= 4 is 15.9 Å². The SMILES string of the molecule is OCC1OC(c2ccccc2)OC2C(Cc3ccncc3Br)OC(c3ccccc3)OC12. The topological polar surface area (TPSA) is 70.0 Å². The second-order valence-electron chi connectivity index (χ2n) is 7.89. The minimum absolute atomic E-state index is 0.180. The van der Waals surface area contributed by atoms with Gasteiger partial charge in [0.2, 0.25) is 0 Å². The Hall–Kier alpha value is -2.13. The number of hydrogen-bond donors (Lipinski definition) is 1. The van der Waals surface area contributed by atoms with Gasteiger partial charge < -0.3 is 24.1 Å². The Morgan fingerprint density at radius 1 is 0.750 bits per heavy atom. The molecule has 0 aliphatic carbocycles. The molecule has 3 aromatic rings. The number of fused-ring (bicyclic) bond motifs is 1. The van der Waals surface area contributed by atoms with Crippen molar-refractivity contribution in [2.75, 3.05) is 6.61 Å². The van der Waals surface area contributed by atoms with Crippen molar-refractivity contribution in [2.45, 2.75) is 43.4 Å². The van der Waals surface area contributed by atoms with Crippen LogP contribution in [0.1, 0.15) is 29.3 Å². The zero-order valence-electron chi connectivity index (χ0n) is 17.3. The molecule has 0 spiro atoms. The van der Waals surface area contributed by atoms with Crippen LogP contribution < -0.4 is 0 Å². The molecule has 2 aromatic carbocycles. The predicted molar refractivity (Wildman–Crippen MR) is 121 cm³/mol. The summed E-state index contributed by atoms with van der Waals surface area (Å²) >= 11 is 3.59. The van der Waals surface area contributed by atoms with E-state index >= 15 is 0 Å². The van der Waals surface area contributed by atoms with E-state index < -0.39 is 30.9 Å². The van der Waals surface area contributed by atoms with Crippen molar-refractivity contribution in [2.24, 2.45) is 0 Å². The molecule has 1 aromatic heterocycles. The fourth-order valence-electron chi connectivity index (χ4n) is 4.21. The van der Waals surface area contributed by atoms with Gasteiger partial charge in [0.05, 0.1) is 12.7 Å². The summed E-state index contributed by atoms with van der Waals surface area (Å²) < 4.78 is 26.2. The van der Waals surface area contributed by atoms with Crippen LogP contribution in [0.15, 0.2) is 83.6 Å². The van der Waals surface area contributed by atoms with E-state index in [1.807, 2.05) is 66.7 Å². The average molecular weight is 498 g/mol. The molecular formula is C25H24BrNO5. The summed E-state index contributed by atoms with van der Waals surface area (Å²) in [6, 6.07) is 21.5. The van der Waals surface area contributed by atoms with Gasteiger partial charge >= 0.3 is 0 Å². The number of nitrogens with zero attached hydrogens (tertiary/aromatic N) is 1. The van der Waals surface area contributed by atoms with Crippen LogP contribution in [0.2, 0.25) is 0 Å². The van der Waals surface area contributed by atoms with Gasteiger partial charge in [-0.15, -0.1) is 0 Å². The molecule has 0 amide bonds. The molecule has 166 valence electrons. The Morgan fingerprint density at radius 3 is 1.88 bits per heavy atom. The highest BCUT2D eigenvalue weighted by Gasteiger charge is 2.50. The zero-order valence-corrected chi connectivity index (χ0v) is 18.9. The molecule has 2 saturated heterocycles. The van der Waals surface area contributed by atoms with Crippen LogP contribution >= 0.6 is 15.9 Å². The molecule has 32 heavy (non-hydrogen) atoms. The molecule has 5 rings (SSSR count). The molecule has 7 heteroatoms. The number of aliphatic hydroxyl groups is 1. The third kappa shape index (κ3) is 4.50. The van der Waals surface area contributed by atoms with Gasteiger partial charge in [-0.3, -0.25) is 4.98 Å². The number of aliphatic hydroxyl groups excluding tert-OH is 1. The number of hydrogen-bond acceptors (Lipinski definition) is 6. The van der Waals surface area contributed by atoms with Crippen molar-refractivity contribution in [1.29, 1.82) is 0 Å². The monoisotopic (exact) mass is 497 g/mol. The molecule has 6 unspecified atom stereocenters. The quantitative estimate of drug-likeness (QED) is 0.565. The van der Waals surface area contributed by atoms with E-state index in [2.05, 4.69) is 20.9 Å². The second-order valence-corrected chi connectivity index (χ2v) is 8.74. The van der Waals surface area contributed by atoms with Crippen LogP contribution in [0, 0.1) is 0 Å². The lowest BCUT2D eigenvalue weighted by Gasteiger charge is -2.49. The normalized spacial score (nSPS) is 29.9. The maximum Gasteiger partial charge on any atom is 0.184 e. The van der Waals surface area contributed by atoms with Crippen LogP contribution in [0.4, 0.5) is 0 Å².